The molecule has 0 spiro atoms. The molecule has 0 heterocycles. The van der Waals surface area contributed by atoms with E-state index in [-0.39, 0.29) is 0 Å². The maximum atomic E-state index is 11.3. The van der Waals surface area contributed by atoms with Crippen LogP contribution in [0.2, 0.25) is 0 Å². The lowest BCUT2D eigenvalue weighted by atomic mass is 10.1. The van der Waals surface area contributed by atoms with Crippen LogP contribution in [0.25, 0.3) is 0 Å². The van der Waals surface area contributed by atoms with Gasteiger partial charge in [-0.25, -0.2) is 0 Å². The molecule has 0 atom stereocenters. The van der Waals surface area contributed by atoms with Gasteiger partial charge in [0.2, 0.25) is 5.91 Å². The maximum Gasteiger partial charge on any atom is 0.249 e. The highest BCUT2D eigenvalue weighted by atomic mass is 16.5. The molecule has 1 amide bonds. The Balaban J connectivity index is 2.39. The normalized spacial score (nSPS) is 10.2. The summed E-state index contributed by atoms with van der Waals surface area (Å²) in [6.45, 7) is 3.92. The van der Waals surface area contributed by atoms with Crippen molar-refractivity contribution < 1.29 is 9.53 Å². The van der Waals surface area contributed by atoms with E-state index in [1.54, 1.807) is 12.1 Å². The average Bonchev–Trinajstić information content (AvgIpc) is 2.41. The molecule has 98 valence electrons. The van der Waals surface area contributed by atoms with Crippen LogP contribution in [0.4, 0.5) is 0 Å². The standard InChI is InChI=1S/C16H17NO2/c1-3-12-7-4-5-9-15(12)19-14-10-6-8-13(11(14)2)16(17)18/h4-10H,3H2,1-2H3,(H2,17,18). The van der Waals surface area contributed by atoms with Crippen molar-refractivity contribution in [3.63, 3.8) is 0 Å². The zero-order valence-corrected chi connectivity index (χ0v) is 11.1. The van der Waals surface area contributed by atoms with Crippen LogP contribution in [0.1, 0.15) is 28.4 Å². The number of rotatable bonds is 4. The van der Waals surface area contributed by atoms with Gasteiger partial charge in [0.05, 0.1) is 0 Å². The molecule has 0 aromatic heterocycles. The number of aryl methyl sites for hydroxylation is 1. The lowest BCUT2D eigenvalue weighted by Gasteiger charge is -2.13. The molecule has 0 aliphatic heterocycles. The Labute approximate surface area is 113 Å². The Bertz CT molecular complexity index is 605. The molecule has 19 heavy (non-hydrogen) atoms. The molecule has 2 aromatic rings. The zero-order valence-electron chi connectivity index (χ0n) is 11.1. The molecule has 0 aliphatic rings. The fourth-order valence-corrected chi connectivity index (χ4v) is 2.01. The van der Waals surface area contributed by atoms with Crippen LogP contribution in [0, 0.1) is 6.92 Å². The van der Waals surface area contributed by atoms with Gasteiger partial charge in [-0.1, -0.05) is 31.2 Å². The van der Waals surface area contributed by atoms with E-state index >= 15 is 0 Å². The van der Waals surface area contributed by atoms with Crippen LogP contribution in [0.5, 0.6) is 11.5 Å². The van der Waals surface area contributed by atoms with Crippen LogP contribution in [-0.2, 0) is 6.42 Å². The number of nitrogens with two attached hydrogens (primary N) is 1. The Morgan fingerprint density at radius 1 is 1.11 bits per heavy atom. The van der Waals surface area contributed by atoms with E-state index in [4.69, 9.17) is 10.5 Å². The van der Waals surface area contributed by atoms with E-state index in [2.05, 4.69) is 6.92 Å². The summed E-state index contributed by atoms with van der Waals surface area (Å²) in [5.74, 6) is 1.04. The topological polar surface area (TPSA) is 52.3 Å². The minimum Gasteiger partial charge on any atom is -0.457 e. The number of carbonyl (C=O) groups excluding carboxylic acids is 1. The SMILES string of the molecule is CCc1ccccc1Oc1cccc(C(N)=O)c1C. The Hall–Kier alpha value is -2.29. The fourth-order valence-electron chi connectivity index (χ4n) is 2.01. The van der Waals surface area contributed by atoms with Crippen molar-refractivity contribution in [2.75, 3.05) is 0 Å². The highest BCUT2D eigenvalue weighted by Gasteiger charge is 2.11. The molecule has 0 saturated heterocycles. The van der Waals surface area contributed by atoms with Gasteiger partial charge < -0.3 is 10.5 Å². The molecule has 2 rings (SSSR count). The number of para-hydroxylation sites is 1. The van der Waals surface area contributed by atoms with E-state index < -0.39 is 5.91 Å². The third kappa shape index (κ3) is 2.76. The maximum absolute atomic E-state index is 11.3. The van der Waals surface area contributed by atoms with E-state index in [9.17, 15) is 4.79 Å². The minimum atomic E-state index is -0.438. The summed E-state index contributed by atoms with van der Waals surface area (Å²) >= 11 is 0. The molecule has 3 nitrogen and oxygen atoms in total. The van der Waals surface area contributed by atoms with Crippen molar-refractivity contribution in [3.8, 4) is 11.5 Å². The number of benzene rings is 2. The lowest BCUT2D eigenvalue weighted by molar-refractivity contribution is 0.0999. The van der Waals surface area contributed by atoms with Gasteiger partial charge in [0.25, 0.3) is 0 Å². The summed E-state index contributed by atoms with van der Waals surface area (Å²) in [4.78, 5) is 11.3. The van der Waals surface area contributed by atoms with Gasteiger partial charge in [-0.05, 0) is 37.1 Å². The quantitative estimate of drug-likeness (QED) is 0.909. The van der Waals surface area contributed by atoms with Gasteiger partial charge in [0.1, 0.15) is 11.5 Å². The summed E-state index contributed by atoms with van der Waals surface area (Å²) < 4.78 is 5.91. The van der Waals surface area contributed by atoms with Crippen molar-refractivity contribution in [2.45, 2.75) is 20.3 Å². The third-order valence-electron chi connectivity index (χ3n) is 3.12. The van der Waals surface area contributed by atoms with Crippen molar-refractivity contribution in [3.05, 3.63) is 59.2 Å². The molecule has 0 unspecified atom stereocenters. The first-order valence-corrected chi connectivity index (χ1v) is 6.28. The van der Waals surface area contributed by atoms with Gasteiger partial charge in [-0.3, -0.25) is 4.79 Å². The molecule has 2 N–H and O–H groups in total. The highest BCUT2D eigenvalue weighted by molar-refractivity contribution is 5.94. The number of hydrogen-bond donors (Lipinski definition) is 1. The van der Waals surface area contributed by atoms with Crippen LogP contribution in [0.15, 0.2) is 42.5 Å². The van der Waals surface area contributed by atoms with Gasteiger partial charge >= 0.3 is 0 Å². The summed E-state index contributed by atoms with van der Waals surface area (Å²) in [7, 11) is 0. The van der Waals surface area contributed by atoms with Crippen LogP contribution in [0.3, 0.4) is 0 Å². The summed E-state index contributed by atoms with van der Waals surface area (Å²) in [5, 5.41) is 0. The first-order chi connectivity index (χ1) is 9.13. The van der Waals surface area contributed by atoms with Gasteiger partial charge in [0, 0.05) is 11.1 Å². The smallest absolute Gasteiger partial charge is 0.249 e. The number of ether oxygens (including phenoxy) is 1. The summed E-state index contributed by atoms with van der Waals surface area (Å²) in [6.07, 6.45) is 0.894. The van der Waals surface area contributed by atoms with Crippen molar-refractivity contribution >= 4 is 5.91 Å². The van der Waals surface area contributed by atoms with Gasteiger partial charge in [-0.15, -0.1) is 0 Å². The lowest BCUT2D eigenvalue weighted by Crippen LogP contribution is -2.12. The molecule has 2 aromatic carbocycles. The number of primary amides is 1. The Kier molecular flexibility index (Phi) is 3.85. The van der Waals surface area contributed by atoms with Gasteiger partial charge in [-0.2, -0.15) is 0 Å². The number of carbonyl (C=O) groups is 1. The van der Waals surface area contributed by atoms with E-state index in [0.717, 1.165) is 23.3 Å². The molecule has 0 bridgehead atoms. The second kappa shape index (κ2) is 5.57. The van der Waals surface area contributed by atoms with E-state index in [1.165, 1.54) is 0 Å². The Morgan fingerprint density at radius 2 is 1.79 bits per heavy atom. The van der Waals surface area contributed by atoms with Crippen molar-refractivity contribution in [1.29, 1.82) is 0 Å². The monoisotopic (exact) mass is 255 g/mol. The first-order valence-electron chi connectivity index (χ1n) is 6.28. The largest absolute Gasteiger partial charge is 0.457 e. The third-order valence-corrected chi connectivity index (χ3v) is 3.12. The zero-order chi connectivity index (χ0) is 13.8. The molecule has 0 saturated carbocycles. The second-order valence-electron chi connectivity index (χ2n) is 4.36. The molecule has 0 radical (unpaired) electrons. The van der Waals surface area contributed by atoms with Crippen LogP contribution < -0.4 is 10.5 Å². The highest BCUT2D eigenvalue weighted by Crippen LogP contribution is 2.29. The predicted octanol–water partition coefficient (Wildman–Crippen LogP) is 3.45. The molecule has 3 heteroatoms. The van der Waals surface area contributed by atoms with Crippen molar-refractivity contribution in [2.24, 2.45) is 5.73 Å². The molecular weight excluding hydrogens is 238 g/mol. The molecular formula is C16H17NO2. The van der Waals surface area contributed by atoms with E-state index in [1.807, 2.05) is 37.3 Å². The van der Waals surface area contributed by atoms with Crippen LogP contribution >= 0.6 is 0 Å². The average molecular weight is 255 g/mol. The van der Waals surface area contributed by atoms with Crippen molar-refractivity contribution in [1.82, 2.24) is 0 Å². The molecule has 0 fully saturated rings. The van der Waals surface area contributed by atoms with E-state index in [0.29, 0.717) is 11.3 Å². The number of hydrogen-bond acceptors (Lipinski definition) is 2. The first kappa shape index (κ1) is 13.1. The van der Waals surface area contributed by atoms with Crippen LogP contribution in [-0.4, -0.2) is 5.91 Å². The summed E-state index contributed by atoms with van der Waals surface area (Å²) in [5.41, 5.74) is 7.73. The number of amides is 1. The molecule has 0 aliphatic carbocycles. The van der Waals surface area contributed by atoms with Gasteiger partial charge in [0.15, 0.2) is 0 Å². The second-order valence-corrected chi connectivity index (χ2v) is 4.36. The Morgan fingerprint density at radius 3 is 2.47 bits per heavy atom. The predicted molar refractivity (Wildman–Crippen MR) is 75.6 cm³/mol. The summed E-state index contributed by atoms with van der Waals surface area (Å²) in [6, 6.07) is 13.2. The fraction of sp³-hybridized carbons (Fsp3) is 0.188. The minimum absolute atomic E-state index is 0.438.